The number of ether oxygens (including phenoxy) is 1. The second-order valence-electron chi connectivity index (χ2n) is 5.13. The van der Waals surface area contributed by atoms with Crippen LogP contribution in [0.5, 0.6) is 5.75 Å². The highest BCUT2D eigenvalue weighted by molar-refractivity contribution is 5.79. The molecule has 1 aromatic carbocycles. The monoisotopic (exact) mass is 264 g/mol. The minimum atomic E-state index is -0.343. The summed E-state index contributed by atoms with van der Waals surface area (Å²) in [5.74, 6) is 0.564. The molecule has 0 aromatic heterocycles. The Morgan fingerprint density at radius 2 is 1.89 bits per heavy atom. The molecule has 4 heteroatoms. The van der Waals surface area contributed by atoms with Crippen molar-refractivity contribution in [2.75, 3.05) is 6.61 Å². The third-order valence-electron chi connectivity index (χ3n) is 2.94. The average Bonchev–Trinajstić information content (AvgIpc) is 2.30. The molecule has 1 aromatic rings. The summed E-state index contributed by atoms with van der Waals surface area (Å²) in [5.41, 5.74) is 7.58. The van der Waals surface area contributed by atoms with E-state index >= 15 is 0 Å². The molecule has 0 aliphatic rings. The van der Waals surface area contributed by atoms with Crippen molar-refractivity contribution in [1.29, 1.82) is 0 Å². The average molecular weight is 264 g/mol. The second kappa shape index (κ2) is 7.14. The quantitative estimate of drug-likeness (QED) is 0.791. The predicted octanol–water partition coefficient (Wildman–Crippen LogP) is 1.92. The minimum Gasteiger partial charge on any atom is -0.493 e. The Bertz CT molecular complexity index is 410. The van der Waals surface area contributed by atoms with Crippen molar-refractivity contribution in [1.82, 2.24) is 5.32 Å². The van der Waals surface area contributed by atoms with Crippen molar-refractivity contribution in [2.45, 2.75) is 46.2 Å². The molecule has 0 aliphatic heterocycles. The summed E-state index contributed by atoms with van der Waals surface area (Å²) in [5, 5.41) is 3.14. The number of carbonyl (C=O) groups is 1. The summed E-state index contributed by atoms with van der Waals surface area (Å²) in [6, 6.07) is 5.91. The summed E-state index contributed by atoms with van der Waals surface area (Å²) in [6.07, 6.45) is 0.571. The van der Waals surface area contributed by atoms with Gasteiger partial charge in [0.15, 0.2) is 0 Å². The number of benzene rings is 1. The number of nitrogens with two attached hydrogens (primary N) is 1. The van der Waals surface area contributed by atoms with E-state index < -0.39 is 0 Å². The highest BCUT2D eigenvalue weighted by Gasteiger charge is 2.16. The van der Waals surface area contributed by atoms with E-state index in [-0.39, 0.29) is 18.0 Å². The molecule has 1 unspecified atom stereocenters. The molecule has 3 N–H and O–H groups in total. The van der Waals surface area contributed by atoms with Gasteiger partial charge in [-0.15, -0.1) is 0 Å². The number of amides is 1. The Morgan fingerprint density at radius 1 is 1.32 bits per heavy atom. The van der Waals surface area contributed by atoms with Gasteiger partial charge in [-0.3, -0.25) is 4.79 Å². The maximum atomic E-state index is 11.3. The summed E-state index contributed by atoms with van der Waals surface area (Å²) in [4.78, 5) is 11.3. The maximum absolute atomic E-state index is 11.3. The number of para-hydroxylation sites is 1. The Kier molecular flexibility index (Phi) is 5.83. The first-order chi connectivity index (χ1) is 8.91. The van der Waals surface area contributed by atoms with Crippen LogP contribution in [0.15, 0.2) is 18.2 Å². The van der Waals surface area contributed by atoms with Crippen molar-refractivity contribution < 1.29 is 9.53 Å². The molecule has 1 rings (SSSR count). The highest BCUT2D eigenvalue weighted by Crippen LogP contribution is 2.22. The first-order valence-electron chi connectivity index (χ1n) is 6.66. The topological polar surface area (TPSA) is 64.3 Å². The van der Waals surface area contributed by atoms with E-state index in [1.165, 1.54) is 0 Å². The van der Waals surface area contributed by atoms with Gasteiger partial charge in [0.1, 0.15) is 5.75 Å². The van der Waals surface area contributed by atoms with Crippen LogP contribution in [0.4, 0.5) is 0 Å². The molecule has 1 amide bonds. The van der Waals surface area contributed by atoms with Gasteiger partial charge in [0.05, 0.1) is 12.6 Å². The SMILES string of the molecule is Cc1cccc(C)c1OCCC(NC(C)C)C(N)=O. The normalized spacial score (nSPS) is 12.5. The van der Waals surface area contributed by atoms with E-state index in [0.29, 0.717) is 13.0 Å². The molecule has 0 aliphatic carbocycles. The molecular weight excluding hydrogens is 240 g/mol. The van der Waals surface area contributed by atoms with E-state index in [4.69, 9.17) is 10.5 Å². The standard InChI is InChI=1S/C15H24N2O2/c1-10(2)17-13(15(16)18)8-9-19-14-11(3)6-5-7-12(14)4/h5-7,10,13,17H,8-9H2,1-4H3,(H2,16,18). The fourth-order valence-corrected chi connectivity index (χ4v) is 2.02. The summed E-state index contributed by atoms with van der Waals surface area (Å²) in [6.45, 7) is 8.48. The number of aryl methyl sites for hydroxylation is 2. The molecule has 19 heavy (non-hydrogen) atoms. The lowest BCUT2D eigenvalue weighted by Crippen LogP contribution is -2.45. The van der Waals surface area contributed by atoms with Gasteiger partial charge in [0, 0.05) is 12.5 Å². The third kappa shape index (κ3) is 4.91. The van der Waals surface area contributed by atoms with Crippen molar-refractivity contribution in [2.24, 2.45) is 5.73 Å². The van der Waals surface area contributed by atoms with Crippen molar-refractivity contribution >= 4 is 5.91 Å². The largest absolute Gasteiger partial charge is 0.493 e. The Balaban J connectivity index is 2.54. The van der Waals surface area contributed by atoms with Crippen LogP contribution in [0.2, 0.25) is 0 Å². The second-order valence-corrected chi connectivity index (χ2v) is 5.13. The molecule has 0 spiro atoms. The first kappa shape index (κ1) is 15.5. The molecule has 4 nitrogen and oxygen atoms in total. The van der Waals surface area contributed by atoms with Gasteiger partial charge < -0.3 is 15.8 Å². The molecule has 0 bridgehead atoms. The fraction of sp³-hybridized carbons (Fsp3) is 0.533. The minimum absolute atomic E-state index is 0.220. The zero-order valence-corrected chi connectivity index (χ0v) is 12.2. The van der Waals surface area contributed by atoms with E-state index in [9.17, 15) is 4.79 Å². The van der Waals surface area contributed by atoms with Crippen molar-refractivity contribution in [3.8, 4) is 5.75 Å². The summed E-state index contributed by atoms with van der Waals surface area (Å²) < 4.78 is 5.78. The zero-order chi connectivity index (χ0) is 14.4. The maximum Gasteiger partial charge on any atom is 0.234 e. The van der Waals surface area contributed by atoms with Crippen molar-refractivity contribution in [3.63, 3.8) is 0 Å². The summed E-state index contributed by atoms with van der Waals surface area (Å²) in [7, 11) is 0. The summed E-state index contributed by atoms with van der Waals surface area (Å²) >= 11 is 0. The van der Waals surface area contributed by atoms with Crippen LogP contribution in [0.3, 0.4) is 0 Å². The molecule has 0 saturated heterocycles. The Morgan fingerprint density at radius 3 is 2.37 bits per heavy atom. The zero-order valence-electron chi connectivity index (χ0n) is 12.2. The van der Waals surface area contributed by atoms with Crippen LogP contribution in [0, 0.1) is 13.8 Å². The van der Waals surface area contributed by atoms with E-state index in [2.05, 4.69) is 5.32 Å². The predicted molar refractivity (Wildman–Crippen MR) is 77.3 cm³/mol. The van der Waals surface area contributed by atoms with Gasteiger partial charge in [0.2, 0.25) is 5.91 Å². The van der Waals surface area contributed by atoms with Gasteiger partial charge in [-0.1, -0.05) is 32.0 Å². The van der Waals surface area contributed by atoms with Gasteiger partial charge in [0.25, 0.3) is 0 Å². The van der Waals surface area contributed by atoms with E-state index in [1.54, 1.807) is 0 Å². The van der Waals surface area contributed by atoms with Gasteiger partial charge in [-0.2, -0.15) is 0 Å². The van der Waals surface area contributed by atoms with Crippen LogP contribution < -0.4 is 15.8 Å². The first-order valence-corrected chi connectivity index (χ1v) is 6.66. The third-order valence-corrected chi connectivity index (χ3v) is 2.94. The Labute approximate surface area is 115 Å². The number of hydrogen-bond acceptors (Lipinski definition) is 3. The van der Waals surface area contributed by atoms with Crippen LogP contribution in [0.1, 0.15) is 31.4 Å². The highest BCUT2D eigenvalue weighted by atomic mass is 16.5. The molecular formula is C15H24N2O2. The fourth-order valence-electron chi connectivity index (χ4n) is 2.02. The number of carbonyl (C=O) groups excluding carboxylic acids is 1. The number of primary amides is 1. The lowest BCUT2D eigenvalue weighted by Gasteiger charge is -2.19. The van der Waals surface area contributed by atoms with Crippen LogP contribution in [0.25, 0.3) is 0 Å². The van der Waals surface area contributed by atoms with Crippen LogP contribution >= 0.6 is 0 Å². The van der Waals surface area contributed by atoms with Gasteiger partial charge in [-0.05, 0) is 25.0 Å². The van der Waals surface area contributed by atoms with Crippen LogP contribution in [-0.2, 0) is 4.79 Å². The molecule has 0 heterocycles. The lowest BCUT2D eigenvalue weighted by atomic mass is 10.1. The van der Waals surface area contributed by atoms with E-state index in [0.717, 1.165) is 16.9 Å². The molecule has 0 radical (unpaired) electrons. The van der Waals surface area contributed by atoms with Crippen molar-refractivity contribution in [3.05, 3.63) is 29.3 Å². The molecule has 106 valence electrons. The number of nitrogens with one attached hydrogen (secondary N) is 1. The van der Waals surface area contributed by atoms with Crippen LogP contribution in [-0.4, -0.2) is 24.6 Å². The Hall–Kier alpha value is -1.55. The number of hydrogen-bond donors (Lipinski definition) is 2. The lowest BCUT2D eigenvalue weighted by molar-refractivity contribution is -0.120. The van der Waals surface area contributed by atoms with Gasteiger partial charge in [-0.25, -0.2) is 0 Å². The van der Waals surface area contributed by atoms with Gasteiger partial charge >= 0.3 is 0 Å². The van der Waals surface area contributed by atoms with E-state index in [1.807, 2.05) is 45.9 Å². The molecule has 0 fully saturated rings. The smallest absolute Gasteiger partial charge is 0.234 e. The molecule has 1 atom stereocenters. The molecule has 0 saturated carbocycles. The number of rotatable bonds is 7.